The van der Waals surface area contributed by atoms with Crippen molar-refractivity contribution < 1.29 is 17.6 Å². The molecule has 8 nitrogen and oxygen atoms in total. The number of benzene rings is 3. The van der Waals surface area contributed by atoms with E-state index in [2.05, 4.69) is 51.5 Å². The number of sulfonamides is 1. The van der Waals surface area contributed by atoms with Crippen molar-refractivity contribution in [2.45, 2.75) is 31.0 Å². The molecule has 45 heavy (non-hydrogen) atoms. The summed E-state index contributed by atoms with van der Waals surface area (Å²) in [4.78, 5) is 23.1. The smallest absolute Gasteiger partial charge is 0.244 e. The van der Waals surface area contributed by atoms with Crippen molar-refractivity contribution in [1.82, 2.24) is 19.5 Å². The molecular formula is C35H36FN5O3S. The first-order chi connectivity index (χ1) is 21.8. The van der Waals surface area contributed by atoms with Crippen LogP contribution in [0.2, 0.25) is 0 Å². The first-order valence-electron chi connectivity index (χ1n) is 15.1. The first kappa shape index (κ1) is 30.6. The molecule has 0 unspecified atom stereocenters. The van der Waals surface area contributed by atoms with Gasteiger partial charge in [0, 0.05) is 51.4 Å². The van der Waals surface area contributed by atoms with Crippen LogP contribution >= 0.6 is 0 Å². The zero-order valence-electron chi connectivity index (χ0n) is 25.1. The summed E-state index contributed by atoms with van der Waals surface area (Å²) >= 11 is 0. The molecule has 1 atom stereocenters. The van der Waals surface area contributed by atoms with Crippen LogP contribution < -0.4 is 10.2 Å². The number of hydrogen-bond donors (Lipinski definition) is 1. The van der Waals surface area contributed by atoms with E-state index in [9.17, 15) is 17.6 Å². The number of pyridine rings is 1. The Morgan fingerprint density at radius 3 is 2.33 bits per heavy atom. The summed E-state index contributed by atoms with van der Waals surface area (Å²) in [5.41, 5.74) is 5.11. The average molecular weight is 626 g/mol. The molecule has 0 radical (unpaired) electrons. The van der Waals surface area contributed by atoms with E-state index in [-0.39, 0.29) is 18.0 Å². The molecule has 4 aromatic rings. The van der Waals surface area contributed by atoms with Gasteiger partial charge in [0.15, 0.2) is 0 Å². The van der Waals surface area contributed by atoms with Gasteiger partial charge in [0.1, 0.15) is 17.7 Å². The number of hydrogen-bond acceptors (Lipinski definition) is 6. The molecule has 1 N–H and O–H groups in total. The number of nitrogens with zero attached hydrogens (tertiary/aromatic N) is 4. The highest BCUT2D eigenvalue weighted by molar-refractivity contribution is 7.89. The second-order valence-electron chi connectivity index (χ2n) is 11.5. The summed E-state index contributed by atoms with van der Waals surface area (Å²) < 4.78 is 41.1. The molecule has 3 aromatic carbocycles. The molecule has 1 amide bonds. The van der Waals surface area contributed by atoms with Crippen molar-refractivity contribution in [1.29, 1.82) is 0 Å². The lowest BCUT2D eigenvalue weighted by molar-refractivity contribution is -0.123. The fourth-order valence-corrected chi connectivity index (χ4v) is 7.19. The zero-order chi connectivity index (χ0) is 31.4. The van der Waals surface area contributed by atoms with E-state index in [1.54, 1.807) is 12.2 Å². The van der Waals surface area contributed by atoms with Crippen LogP contribution in [-0.4, -0.2) is 67.3 Å². The Morgan fingerprint density at radius 1 is 0.911 bits per heavy atom. The van der Waals surface area contributed by atoms with Crippen LogP contribution in [0.15, 0.2) is 108 Å². The standard InChI is InChI=1S/C35H36FN5O3S/c1-26-9-11-29(12-10-26)32-22-28(23-34(38-32)40-20-18-39(19-21-40)25-27-6-3-2-4-7-27)24-37-35(42)33-8-5-17-41(33)45(43,44)31-15-13-30(36)14-16-31/h2-16,22-23,33H,17-21,24-25H2,1H3,(H,37,42)/t33-/m0/s1. The maximum Gasteiger partial charge on any atom is 0.244 e. The fourth-order valence-electron chi connectivity index (χ4n) is 5.69. The predicted molar refractivity (Wildman–Crippen MR) is 173 cm³/mol. The number of aryl methyl sites for hydroxylation is 1. The highest BCUT2D eigenvalue weighted by Gasteiger charge is 2.36. The van der Waals surface area contributed by atoms with Gasteiger partial charge in [0.05, 0.1) is 10.6 Å². The van der Waals surface area contributed by atoms with Crippen LogP contribution in [0.3, 0.4) is 0 Å². The van der Waals surface area contributed by atoms with Crippen LogP contribution in [0, 0.1) is 12.7 Å². The summed E-state index contributed by atoms with van der Waals surface area (Å²) in [6.45, 7) is 6.68. The average Bonchev–Trinajstić information content (AvgIpc) is 3.56. The SMILES string of the molecule is Cc1ccc(-c2cc(CNC(=O)[C@@H]3C=CCN3S(=O)(=O)c3ccc(F)cc3)cc(N3CCN(Cc4ccccc4)CC3)n2)cc1. The lowest BCUT2D eigenvalue weighted by Crippen LogP contribution is -2.46. The van der Waals surface area contributed by atoms with Gasteiger partial charge < -0.3 is 10.2 Å². The van der Waals surface area contributed by atoms with Crippen LogP contribution in [0.4, 0.5) is 10.2 Å². The van der Waals surface area contributed by atoms with Crippen molar-refractivity contribution in [2.75, 3.05) is 37.6 Å². The van der Waals surface area contributed by atoms with Gasteiger partial charge in [-0.05, 0) is 54.4 Å². The third-order valence-electron chi connectivity index (χ3n) is 8.23. The summed E-state index contributed by atoms with van der Waals surface area (Å²) in [6, 6.07) is 26.3. The molecule has 1 saturated heterocycles. The van der Waals surface area contributed by atoms with Gasteiger partial charge in [0.25, 0.3) is 0 Å². The highest BCUT2D eigenvalue weighted by atomic mass is 32.2. The van der Waals surface area contributed by atoms with Gasteiger partial charge in [-0.3, -0.25) is 9.69 Å². The maximum absolute atomic E-state index is 13.4. The monoisotopic (exact) mass is 625 g/mol. The van der Waals surface area contributed by atoms with Gasteiger partial charge in [-0.2, -0.15) is 4.31 Å². The molecule has 0 saturated carbocycles. The normalized spacial score (nSPS) is 17.5. The molecule has 0 spiro atoms. The van der Waals surface area contributed by atoms with Gasteiger partial charge >= 0.3 is 0 Å². The van der Waals surface area contributed by atoms with Crippen molar-refractivity contribution in [3.05, 3.63) is 126 Å². The van der Waals surface area contributed by atoms with E-state index in [1.165, 1.54) is 17.7 Å². The van der Waals surface area contributed by atoms with E-state index < -0.39 is 27.8 Å². The minimum atomic E-state index is -4.00. The summed E-state index contributed by atoms with van der Waals surface area (Å²) in [5.74, 6) is -0.115. The molecule has 0 bridgehead atoms. The fraction of sp³-hybridized carbons (Fsp3) is 0.257. The Balaban J connectivity index is 1.18. The maximum atomic E-state index is 13.4. The van der Waals surface area contributed by atoms with Crippen LogP contribution in [0.5, 0.6) is 0 Å². The predicted octanol–water partition coefficient (Wildman–Crippen LogP) is 4.76. The van der Waals surface area contributed by atoms with Crippen LogP contribution in [0.25, 0.3) is 11.3 Å². The number of anilines is 1. The second-order valence-corrected chi connectivity index (χ2v) is 13.3. The third-order valence-corrected chi connectivity index (χ3v) is 10.1. The summed E-state index contributed by atoms with van der Waals surface area (Å²) in [7, 11) is -4.00. The number of nitrogens with one attached hydrogen (secondary N) is 1. The molecule has 2 aliphatic rings. The lowest BCUT2D eigenvalue weighted by atomic mass is 10.1. The Labute approximate surface area is 263 Å². The van der Waals surface area contributed by atoms with Crippen molar-refractivity contribution >= 4 is 21.7 Å². The second kappa shape index (κ2) is 13.3. The minimum absolute atomic E-state index is 0.0595. The molecule has 0 aliphatic carbocycles. The number of rotatable bonds is 9. The zero-order valence-corrected chi connectivity index (χ0v) is 26.0. The van der Waals surface area contributed by atoms with Crippen molar-refractivity contribution in [2.24, 2.45) is 0 Å². The lowest BCUT2D eigenvalue weighted by Gasteiger charge is -2.35. The van der Waals surface area contributed by atoms with Gasteiger partial charge in [-0.1, -0.05) is 72.3 Å². The largest absolute Gasteiger partial charge is 0.354 e. The number of carbonyl (C=O) groups is 1. The van der Waals surface area contributed by atoms with E-state index in [4.69, 9.17) is 4.98 Å². The highest BCUT2D eigenvalue weighted by Crippen LogP contribution is 2.26. The number of halogens is 1. The summed E-state index contributed by atoms with van der Waals surface area (Å²) in [6.07, 6.45) is 3.24. The Morgan fingerprint density at radius 2 is 1.62 bits per heavy atom. The Bertz CT molecular complexity index is 1770. The molecule has 232 valence electrons. The topological polar surface area (TPSA) is 85.8 Å². The quantitative estimate of drug-likeness (QED) is 0.270. The number of piperazine rings is 1. The Hall–Kier alpha value is -4.38. The van der Waals surface area contributed by atoms with E-state index in [0.717, 1.165) is 77.4 Å². The van der Waals surface area contributed by atoms with E-state index in [0.29, 0.717) is 0 Å². The number of amides is 1. The number of carbonyl (C=O) groups excluding carboxylic acids is 1. The molecular weight excluding hydrogens is 589 g/mol. The molecule has 6 rings (SSSR count). The van der Waals surface area contributed by atoms with E-state index >= 15 is 0 Å². The molecule has 10 heteroatoms. The van der Waals surface area contributed by atoms with Crippen molar-refractivity contribution in [3.8, 4) is 11.3 Å². The van der Waals surface area contributed by atoms with Crippen LogP contribution in [0.1, 0.15) is 16.7 Å². The molecule has 1 aromatic heterocycles. The third kappa shape index (κ3) is 7.14. The summed E-state index contributed by atoms with van der Waals surface area (Å²) in [5, 5.41) is 2.95. The van der Waals surface area contributed by atoms with Gasteiger partial charge in [-0.15, -0.1) is 0 Å². The van der Waals surface area contributed by atoms with E-state index in [1.807, 2.05) is 37.3 Å². The minimum Gasteiger partial charge on any atom is -0.354 e. The molecule has 3 heterocycles. The van der Waals surface area contributed by atoms with Crippen LogP contribution in [-0.2, 0) is 27.9 Å². The number of aromatic nitrogens is 1. The van der Waals surface area contributed by atoms with Gasteiger partial charge in [0.2, 0.25) is 15.9 Å². The molecule has 2 aliphatic heterocycles. The van der Waals surface area contributed by atoms with Gasteiger partial charge in [-0.25, -0.2) is 17.8 Å². The van der Waals surface area contributed by atoms with Crippen molar-refractivity contribution in [3.63, 3.8) is 0 Å². The Kier molecular flexibility index (Phi) is 9.07. The molecule has 1 fully saturated rings. The first-order valence-corrected chi connectivity index (χ1v) is 16.5.